The summed E-state index contributed by atoms with van der Waals surface area (Å²) >= 11 is 0. The normalized spacial score (nSPS) is 31.8. The highest BCUT2D eigenvalue weighted by Crippen LogP contribution is 2.64. The second kappa shape index (κ2) is 6.81. The third-order valence-corrected chi connectivity index (χ3v) is 7.68. The van der Waals surface area contributed by atoms with E-state index in [9.17, 15) is 0 Å². The van der Waals surface area contributed by atoms with Gasteiger partial charge in [-0.1, -0.05) is 0 Å². The second-order valence-corrected chi connectivity index (χ2v) is 9.63. The van der Waals surface area contributed by atoms with Crippen molar-refractivity contribution in [1.82, 2.24) is 19.7 Å². The van der Waals surface area contributed by atoms with Crippen LogP contribution in [0.1, 0.15) is 42.9 Å². The number of hydrogen-bond donors (Lipinski definition) is 1. The lowest BCUT2D eigenvalue weighted by molar-refractivity contribution is 0.0151. The van der Waals surface area contributed by atoms with Crippen LogP contribution in [0.3, 0.4) is 0 Å². The van der Waals surface area contributed by atoms with Crippen LogP contribution in [-0.2, 0) is 11.3 Å². The average molecular weight is 394 g/mol. The van der Waals surface area contributed by atoms with Crippen molar-refractivity contribution in [2.45, 2.75) is 51.1 Å². The number of nitrogen functional groups attached to an aromatic ring is 1. The zero-order chi connectivity index (χ0) is 19.5. The number of aromatic nitrogens is 3. The standard InChI is InChI=1S/C23H31N5O/c1-14-8-16(12-25-23(14)24)20-11-21(28(26-20)13-15-2-3-15)22-18-9-17(10-19(18)22)27-4-6-29-7-5-27/h8,11-12,15,17-19,22H,2-7,9-10,13H2,1H3,(H2,24,25)/t17?,18-,19+,22?. The number of pyridine rings is 1. The molecule has 0 spiro atoms. The lowest BCUT2D eigenvalue weighted by atomic mass is 10.0. The summed E-state index contributed by atoms with van der Waals surface area (Å²) < 4.78 is 7.88. The third kappa shape index (κ3) is 3.26. The summed E-state index contributed by atoms with van der Waals surface area (Å²) in [7, 11) is 0. The van der Waals surface area contributed by atoms with Crippen LogP contribution in [0.5, 0.6) is 0 Å². The van der Waals surface area contributed by atoms with E-state index >= 15 is 0 Å². The molecule has 4 aliphatic rings. The first-order valence-electron chi connectivity index (χ1n) is 11.3. The molecule has 6 heteroatoms. The number of morpholine rings is 1. The van der Waals surface area contributed by atoms with Crippen molar-refractivity contribution in [2.75, 3.05) is 32.0 Å². The number of fused-ring (bicyclic) bond motifs is 1. The van der Waals surface area contributed by atoms with Gasteiger partial charge in [-0.15, -0.1) is 0 Å². The molecule has 0 radical (unpaired) electrons. The summed E-state index contributed by atoms with van der Waals surface area (Å²) in [5.41, 5.74) is 10.6. The van der Waals surface area contributed by atoms with Gasteiger partial charge in [-0.05, 0) is 68.1 Å². The predicted octanol–water partition coefficient (Wildman–Crippen LogP) is 3.07. The Morgan fingerprint density at radius 3 is 2.59 bits per heavy atom. The van der Waals surface area contributed by atoms with E-state index < -0.39 is 0 Å². The van der Waals surface area contributed by atoms with Crippen LogP contribution in [0.4, 0.5) is 5.82 Å². The van der Waals surface area contributed by atoms with Gasteiger partial charge >= 0.3 is 0 Å². The molecular weight excluding hydrogens is 362 g/mol. The monoisotopic (exact) mass is 393 g/mol. The number of nitrogens with zero attached hydrogens (tertiary/aromatic N) is 4. The van der Waals surface area contributed by atoms with Gasteiger partial charge in [-0.25, -0.2) is 4.98 Å². The molecule has 2 aromatic heterocycles. The van der Waals surface area contributed by atoms with Crippen LogP contribution in [0.15, 0.2) is 18.3 Å². The summed E-state index contributed by atoms with van der Waals surface area (Å²) in [4.78, 5) is 7.03. The molecule has 2 N–H and O–H groups in total. The number of aryl methyl sites for hydroxylation is 1. The van der Waals surface area contributed by atoms with Crippen LogP contribution in [0, 0.1) is 24.7 Å². The highest BCUT2D eigenvalue weighted by molar-refractivity contribution is 5.62. The van der Waals surface area contributed by atoms with E-state index in [4.69, 9.17) is 15.6 Å². The molecule has 4 fully saturated rings. The molecular formula is C23H31N5O. The Kier molecular flexibility index (Phi) is 4.20. The lowest BCUT2D eigenvalue weighted by Gasteiger charge is -2.33. The largest absolute Gasteiger partial charge is 0.383 e. The molecule has 2 aromatic rings. The van der Waals surface area contributed by atoms with E-state index in [-0.39, 0.29) is 0 Å². The lowest BCUT2D eigenvalue weighted by Crippen LogP contribution is -2.43. The van der Waals surface area contributed by atoms with Crippen LogP contribution in [0.2, 0.25) is 0 Å². The van der Waals surface area contributed by atoms with E-state index in [1.54, 1.807) is 0 Å². The SMILES string of the molecule is Cc1cc(-c2cc(C3[C@H]4CC(N5CCOCC5)C[C@@H]34)n(CC3CC3)n2)cnc1N. The van der Waals surface area contributed by atoms with Gasteiger partial charge in [0.25, 0.3) is 0 Å². The van der Waals surface area contributed by atoms with Gasteiger partial charge in [0.15, 0.2) is 0 Å². The highest BCUT2D eigenvalue weighted by atomic mass is 16.5. The summed E-state index contributed by atoms with van der Waals surface area (Å²) in [6.45, 7) is 7.14. The average Bonchev–Trinajstić information content (AvgIpc) is 3.58. The first kappa shape index (κ1) is 17.9. The summed E-state index contributed by atoms with van der Waals surface area (Å²) in [5.74, 6) is 3.83. The Hall–Kier alpha value is -1.92. The van der Waals surface area contributed by atoms with E-state index in [2.05, 4.69) is 26.7 Å². The number of ether oxygens (including phenoxy) is 1. The Morgan fingerprint density at radius 1 is 1.14 bits per heavy atom. The maximum absolute atomic E-state index is 5.92. The minimum Gasteiger partial charge on any atom is -0.383 e. The van der Waals surface area contributed by atoms with Crippen molar-refractivity contribution in [2.24, 2.45) is 17.8 Å². The minimum atomic E-state index is 0.609. The number of nitrogens with two attached hydrogens (primary N) is 1. The van der Waals surface area contributed by atoms with E-state index in [0.29, 0.717) is 11.7 Å². The van der Waals surface area contributed by atoms with Crippen molar-refractivity contribution in [3.05, 3.63) is 29.6 Å². The molecule has 0 aromatic carbocycles. The second-order valence-electron chi connectivity index (χ2n) is 9.63. The van der Waals surface area contributed by atoms with Crippen LogP contribution in [0.25, 0.3) is 11.3 Å². The summed E-state index contributed by atoms with van der Waals surface area (Å²) in [5, 5.41) is 5.04. The van der Waals surface area contributed by atoms with Crippen molar-refractivity contribution in [1.29, 1.82) is 0 Å². The maximum atomic E-state index is 5.92. The summed E-state index contributed by atoms with van der Waals surface area (Å²) in [6.07, 6.45) is 7.28. The van der Waals surface area contributed by atoms with Crippen molar-refractivity contribution in [3.8, 4) is 11.3 Å². The molecule has 154 valence electrons. The fourth-order valence-electron chi connectivity index (χ4n) is 5.75. The van der Waals surface area contributed by atoms with Gasteiger partial charge in [0.2, 0.25) is 0 Å². The van der Waals surface area contributed by atoms with Crippen molar-refractivity contribution < 1.29 is 4.74 Å². The summed E-state index contributed by atoms with van der Waals surface area (Å²) in [6, 6.07) is 5.24. The molecule has 2 unspecified atom stereocenters. The van der Waals surface area contributed by atoms with Crippen LogP contribution in [-0.4, -0.2) is 52.0 Å². The number of rotatable bonds is 5. The zero-order valence-electron chi connectivity index (χ0n) is 17.3. The molecule has 0 amide bonds. The first-order chi connectivity index (χ1) is 14.2. The molecule has 1 saturated heterocycles. The Morgan fingerprint density at radius 2 is 1.90 bits per heavy atom. The zero-order valence-corrected chi connectivity index (χ0v) is 17.3. The molecule has 3 heterocycles. The molecule has 1 aliphatic heterocycles. The predicted molar refractivity (Wildman–Crippen MR) is 112 cm³/mol. The van der Waals surface area contributed by atoms with Gasteiger partial charge in [-0.3, -0.25) is 9.58 Å². The van der Waals surface area contributed by atoms with Crippen LogP contribution < -0.4 is 5.73 Å². The van der Waals surface area contributed by atoms with E-state index in [1.807, 2.05) is 13.1 Å². The maximum Gasteiger partial charge on any atom is 0.126 e. The van der Waals surface area contributed by atoms with Crippen LogP contribution >= 0.6 is 0 Å². The topological polar surface area (TPSA) is 69.2 Å². The number of hydrogen-bond acceptors (Lipinski definition) is 5. The van der Waals surface area contributed by atoms with Crippen molar-refractivity contribution >= 4 is 5.82 Å². The Bertz CT molecular complexity index is 902. The molecule has 0 bridgehead atoms. The molecule has 3 aliphatic carbocycles. The third-order valence-electron chi connectivity index (χ3n) is 7.68. The van der Waals surface area contributed by atoms with Gasteiger partial charge in [0.1, 0.15) is 5.82 Å². The minimum absolute atomic E-state index is 0.609. The Balaban J connectivity index is 1.23. The molecule has 6 nitrogen and oxygen atoms in total. The van der Waals surface area contributed by atoms with E-state index in [1.165, 1.54) is 31.4 Å². The van der Waals surface area contributed by atoms with Crippen molar-refractivity contribution in [3.63, 3.8) is 0 Å². The highest BCUT2D eigenvalue weighted by Gasteiger charge is 2.58. The Labute approximate surface area is 172 Å². The van der Waals surface area contributed by atoms with Gasteiger partial charge in [0.05, 0.1) is 18.9 Å². The first-order valence-corrected chi connectivity index (χ1v) is 11.3. The van der Waals surface area contributed by atoms with Gasteiger partial charge < -0.3 is 10.5 Å². The fraction of sp³-hybridized carbons (Fsp3) is 0.652. The smallest absolute Gasteiger partial charge is 0.126 e. The molecule has 6 rings (SSSR count). The van der Waals surface area contributed by atoms with E-state index in [0.717, 1.165) is 73.5 Å². The molecule has 3 saturated carbocycles. The molecule has 29 heavy (non-hydrogen) atoms. The van der Waals surface area contributed by atoms with Gasteiger partial charge in [0, 0.05) is 49.0 Å². The molecule has 4 atom stereocenters. The quantitative estimate of drug-likeness (QED) is 0.845. The number of anilines is 1. The van der Waals surface area contributed by atoms with Gasteiger partial charge in [-0.2, -0.15) is 5.10 Å². The fourth-order valence-corrected chi connectivity index (χ4v) is 5.75.